The van der Waals surface area contributed by atoms with E-state index >= 15 is 0 Å². The molecule has 1 saturated heterocycles. The Kier molecular flexibility index (Phi) is 19.3. The largest absolute Gasteiger partial charge is 0.381 e. The lowest BCUT2D eigenvalue weighted by Gasteiger charge is -2.10. The molecule has 1 aliphatic rings. The van der Waals surface area contributed by atoms with Crippen LogP contribution in [0.5, 0.6) is 0 Å². The Morgan fingerprint density at radius 2 is 1.15 bits per heavy atom. The molecule has 4 heterocycles. The van der Waals surface area contributed by atoms with Gasteiger partial charge in [-0.25, -0.2) is 20.0 Å². The van der Waals surface area contributed by atoms with Crippen LogP contribution in [-0.2, 0) is 11.3 Å². The summed E-state index contributed by atoms with van der Waals surface area (Å²) in [7, 11) is 0. The third kappa shape index (κ3) is 15.7. The standard InChI is InChI=1S/C22H20N4.C16H14Cl2N2.C6H8N2.C4H8O.CH4/c1-16-6-10-18(11-7-16)24-21-22(25-19-12-8-17(2)9-13-19)26-14-4-3-5-20(26)15-23-21;1-11-3-7-13(8-4-11)19-15(17)16(18)20-14-9-5-12(2)6-10-14;7-5-6-3-1-2-4-8-6;1-2-4-5-3-1;/h3-15H,1-2H3,(H,23,24);3-10H,1-2H3;1-4H,5,7H2;1-4H2;1H4. The number of aryl methyl sites for hydroxylation is 4. The van der Waals surface area contributed by atoms with Gasteiger partial charge >= 0.3 is 0 Å². The number of aromatic nitrogens is 3. The molecule has 3 N–H and O–H groups in total. The molecule has 0 radical (unpaired) electrons. The van der Waals surface area contributed by atoms with E-state index in [1.165, 1.54) is 35.1 Å². The molecule has 0 spiro atoms. The zero-order valence-corrected chi connectivity index (χ0v) is 35.4. The second kappa shape index (κ2) is 24.8. The van der Waals surface area contributed by atoms with E-state index < -0.39 is 0 Å². The number of halogens is 2. The van der Waals surface area contributed by atoms with Gasteiger partial charge < -0.3 is 15.8 Å². The fourth-order valence-corrected chi connectivity index (χ4v) is 5.63. The molecule has 0 unspecified atom stereocenters. The van der Waals surface area contributed by atoms with Gasteiger partial charge in [0.1, 0.15) is 0 Å². The number of nitrogens with one attached hydrogen (secondary N) is 1. The van der Waals surface area contributed by atoms with Crippen LogP contribution >= 0.6 is 23.2 Å². The van der Waals surface area contributed by atoms with E-state index in [1.807, 2.05) is 140 Å². The first-order valence-corrected chi connectivity index (χ1v) is 20.1. The first-order valence-electron chi connectivity index (χ1n) is 19.4. The highest BCUT2D eigenvalue weighted by atomic mass is 35.5. The summed E-state index contributed by atoms with van der Waals surface area (Å²) in [5.74, 6) is 0.720. The first kappa shape index (κ1) is 46.7. The second-order valence-electron chi connectivity index (χ2n) is 13.7. The van der Waals surface area contributed by atoms with Crippen LogP contribution < -0.4 is 16.5 Å². The smallest absolute Gasteiger partial charge is 0.181 e. The van der Waals surface area contributed by atoms with Crippen molar-refractivity contribution in [2.75, 3.05) is 18.5 Å². The number of anilines is 2. The maximum Gasteiger partial charge on any atom is 0.181 e. The predicted molar refractivity (Wildman–Crippen MR) is 253 cm³/mol. The molecule has 310 valence electrons. The number of aliphatic imine (C=N–C) groups is 2. The van der Waals surface area contributed by atoms with Crippen LogP contribution in [-0.4, -0.2) is 37.9 Å². The topological polar surface area (TPSA) is 115 Å². The van der Waals surface area contributed by atoms with E-state index in [4.69, 9.17) is 38.7 Å². The molecular formula is C49H54Cl2N8O. The number of benzene rings is 4. The summed E-state index contributed by atoms with van der Waals surface area (Å²) in [6.07, 6.45) is 8.15. The van der Waals surface area contributed by atoms with Gasteiger partial charge in [0.2, 0.25) is 0 Å². The summed E-state index contributed by atoms with van der Waals surface area (Å²) in [5, 5.41) is 3.75. The van der Waals surface area contributed by atoms with Crippen molar-refractivity contribution < 1.29 is 4.74 Å². The lowest BCUT2D eigenvalue weighted by atomic mass is 10.2. The Bertz CT molecular complexity index is 2400. The van der Waals surface area contributed by atoms with Gasteiger partial charge in [-0.1, -0.05) is 114 Å². The van der Waals surface area contributed by atoms with Crippen LogP contribution in [0.1, 0.15) is 48.2 Å². The minimum absolute atomic E-state index is 0. The third-order valence-corrected chi connectivity index (χ3v) is 9.32. The summed E-state index contributed by atoms with van der Waals surface area (Å²) in [6, 6.07) is 43.5. The van der Waals surface area contributed by atoms with Crippen molar-refractivity contribution in [1.82, 2.24) is 14.4 Å². The molecule has 0 amide bonds. The lowest BCUT2D eigenvalue weighted by Crippen LogP contribution is -2.20. The monoisotopic (exact) mass is 840 g/mol. The van der Waals surface area contributed by atoms with Crippen molar-refractivity contribution >= 4 is 67.6 Å². The second-order valence-corrected chi connectivity index (χ2v) is 14.4. The van der Waals surface area contributed by atoms with Gasteiger partial charge in [0.15, 0.2) is 21.6 Å². The van der Waals surface area contributed by atoms with Gasteiger partial charge in [0.25, 0.3) is 0 Å². The van der Waals surface area contributed by atoms with Crippen LogP contribution in [0.15, 0.2) is 167 Å². The number of pyridine rings is 2. The summed E-state index contributed by atoms with van der Waals surface area (Å²) in [4.78, 5) is 21.9. The summed E-state index contributed by atoms with van der Waals surface area (Å²) >= 11 is 12.1. The highest BCUT2D eigenvalue weighted by molar-refractivity contribution is 7.00. The van der Waals surface area contributed by atoms with Crippen LogP contribution in [0.2, 0.25) is 0 Å². The van der Waals surface area contributed by atoms with Crippen LogP contribution in [0, 0.1) is 27.7 Å². The molecule has 7 aromatic rings. The number of nitrogens with zero attached hydrogens (tertiary/aromatic N) is 6. The fraction of sp³-hybridized carbons (Fsp3) is 0.204. The van der Waals surface area contributed by atoms with Gasteiger partial charge in [0, 0.05) is 37.8 Å². The first-order chi connectivity index (χ1) is 28.7. The Labute approximate surface area is 364 Å². The van der Waals surface area contributed by atoms with Crippen LogP contribution in [0.3, 0.4) is 0 Å². The molecule has 0 atom stereocenters. The molecule has 11 heteroatoms. The zero-order chi connectivity index (χ0) is 41.8. The molecule has 60 heavy (non-hydrogen) atoms. The molecule has 4 aromatic carbocycles. The zero-order valence-electron chi connectivity index (χ0n) is 33.9. The van der Waals surface area contributed by atoms with Crippen molar-refractivity contribution in [2.45, 2.75) is 54.5 Å². The molecule has 1 aliphatic heterocycles. The minimum Gasteiger partial charge on any atom is -0.381 e. The van der Waals surface area contributed by atoms with Gasteiger partial charge in [0.05, 0.1) is 34.5 Å². The number of fused-ring (bicyclic) bond motifs is 1. The predicted octanol–water partition coefficient (Wildman–Crippen LogP) is 12.4. The van der Waals surface area contributed by atoms with Crippen LogP contribution in [0.25, 0.3) is 5.52 Å². The number of ether oxygens (including phenoxy) is 1. The fourth-order valence-electron chi connectivity index (χ4n) is 5.35. The average molecular weight is 842 g/mol. The van der Waals surface area contributed by atoms with Gasteiger partial charge in [-0.15, -0.1) is 0 Å². The molecule has 8 rings (SSSR count). The van der Waals surface area contributed by atoms with E-state index in [0.717, 1.165) is 58.5 Å². The summed E-state index contributed by atoms with van der Waals surface area (Å²) in [6.45, 7) is 10.7. The van der Waals surface area contributed by atoms with Crippen molar-refractivity contribution in [3.8, 4) is 0 Å². The number of hydrogen-bond acceptors (Lipinski definition) is 8. The molecule has 3 aromatic heterocycles. The lowest BCUT2D eigenvalue weighted by molar-refractivity contribution is 0.198. The molecule has 0 aliphatic carbocycles. The molecule has 0 bridgehead atoms. The van der Waals surface area contributed by atoms with Crippen molar-refractivity contribution in [3.63, 3.8) is 0 Å². The quantitative estimate of drug-likeness (QED) is 0.155. The minimum atomic E-state index is 0. The number of hydrogen-bond donors (Lipinski definition) is 2. The maximum absolute atomic E-state index is 6.07. The highest BCUT2D eigenvalue weighted by Crippen LogP contribution is 2.19. The van der Waals surface area contributed by atoms with Crippen molar-refractivity contribution in [2.24, 2.45) is 20.7 Å². The van der Waals surface area contributed by atoms with Gasteiger partial charge in [-0.3, -0.25) is 9.38 Å². The van der Waals surface area contributed by atoms with Gasteiger partial charge in [-0.05, 0) is 113 Å². The summed E-state index contributed by atoms with van der Waals surface area (Å²) in [5.41, 5.74) is 16.1. The average Bonchev–Trinajstić information content (AvgIpc) is 3.87. The van der Waals surface area contributed by atoms with E-state index in [0.29, 0.717) is 6.54 Å². The third-order valence-electron chi connectivity index (χ3n) is 8.70. The molecule has 9 nitrogen and oxygen atoms in total. The SMILES string of the molecule is C.C1CCOC1.Cc1ccc(N=C(Cl)C(Cl)=Nc2ccc(C)cc2)cc1.Cc1ccc(N=c2c(Nc3ccc(C)cc3)ncc3ccccn23)cc1.NCc1ccccn1. The highest BCUT2D eigenvalue weighted by Gasteiger charge is 2.06. The Morgan fingerprint density at radius 3 is 1.60 bits per heavy atom. The van der Waals surface area contributed by atoms with Crippen molar-refractivity contribution in [1.29, 1.82) is 0 Å². The van der Waals surface area contributed by atoms with E-state index in [1.54, 1.807) is 6.20 Å². The number of nitrogens with two attached hydrogens (primary N) is 1. The van der Waals surface area contributed by atoms with Crippen LogP contribution in [0.4, 0.5) is 28.6 Å². The normalized spacial score (nSPS) is 12.5. The summed E-state index contributed by atoms with van der Waals surface area (Å²) < 4.78 is 6.99. The maximum atomic E-state index is 6.07. The molecule has 0 saturated carbocycles. The van der Waals surface area contributed by atoms with E-state index in [2.05, 4.69) is 63.4 Å². The molecule has 1 fully saturated rings. The van der Waals surface area contributed by atoms with E-state index in [-0.39, 0.29) is 17.8 Å². The van der Waals surface area contributed by atoms with Gasteiger partial charge in [-0.2, -0.15) is 0 Å². The Hall–Kier alpha value is -5.97. The van der Waals surface area contributed by atoms with E-state index in [9.17, 15) is 0 Å². The van der Waals surface area contributed by atoms with Crippen molar-refractivity contribution in [3.05, 3.63) is 185 Å². The number of rotatable bonds is 7. The Morgan fingerprint density at radius 1 is 0.650 bits per heavy atom. The Balaban J connectivity index is 0.000000204. The molecular weight excluding hydrogens is 787 g/mol.